The molecule has 0 aromatic carbocycles. The lowest BCUT2D eigenvalue weighted by atomic mass is 9.84. The van der Waals surface area contributed by atoms with E-state index in [9.17, 15) is 18.0 Å². The zero-order valence-electron chi connectivity index (χ0n) is 11.9. The topological polar surface area (TPSA) is 55.1 Å². The van der Waals surface area contributed by atoms with Crippen molar-refractivity contribution in [3.05, 3.63) is 0 Å². The maximum absolute atomic E-state index is 12.7. The number of alkyl halides is 3. The fraction of sp³-hybridized carbons (Fsp3) is 0.923. The molecule has 120 valence electrons. The van der Waals surface area contributed by atoms with Crippen molar-refractivity contribution in [3.63, 3.8) is 0 Å². The first kappa shape index (κ1) is 19.5. The summed E-state index contributed by atoms with van der Waals surface area (Å²) in [5.41, 5.74) is 4.87. The van der Waals surface area contributed by atoms with Gasteiger partial charge in [-0.1, -0.05) is 19.8 Å². The Labute approximate surface area is 124 Å². The van der Waals surface area contributed by atoms with Crippen LogP contribution in [0.2, 0.25) is 0 Å². The van der Waals surface area contributed by atoms with Gasteiger partial charge in [0.1, 0.15) is 0 Å². The SMILES string of the molecule is CCCC(C)(N)C(=O)NC1CCCC(C(F)(F)F)C1.Cl. The molecule has 0 aromatic heterocycles. The third-order valence-electron chi connectivity index (χ3n) is 3.76. The van der Waals surface area contributed by atoms with Crippen LogP contribution < -0.4 is 11.1 Å². The average Bonchev–Trinajstić information content (AvgIpc) is 2.28. The Morgan fingerprint density at radius 2 is 1.95 bits per heavy atom. The second kappa shape index (κ2) is 7.50. The molecule has 1 fully saturated rings. The summed E-state index contributed by atoms with van der Waals surface area (Å²) in [7, 11) is 0. The van der Waals surface area contributed by atoms with E-state index in [1.54, 1.807) is 6.92 Å². The van der Waals surface area contributed by atoms with Crippen molar-refractivity contribution >= 4 is 18.3 Å². The van der Waals surface area contributed by atoms with Crippen molar-refractivity contribution in [2.75, 3.05) is 0 Å². The lowest BCUT2D eigenvalue weighted by Gasteiger charge is -2.33. The number of nitrogens with one attached hydrogen (secondary N) is 1. The van der Waals surface area contributed by atoms with Gasteiger partial charge in [0.25, 0.3) is 0 Å². The van der Waals surface area contributed by atoms with Crippen molar-refractivity contribution in [1.29, 1.82) is 0 Å². The summed E-state index contributed by atoms with van der Waals surface area (Å²) in [4.78, 5) is 12.0. The van der Waals surface area contributed by atoms with Gasteiger partial charge in [0.2, 0.25) is 5.91 Å². The molecule has 0 aliphatic heterocycles. The van der Waals surface area contributed by atoms with E-state index in [0.717, 1.165) is 6.42 Å². The monoisotopic (exact) mass is 316 g/mol. The van der Waals surface area contributed by atoms with E-state index in [1.165, 1.54) is 0 Å². The number of hydrogen-bond donors (Lipinski definition) is 2. The molecule has 0 aromatic rings. The van der Waals surface area contributed by atoms with Crippen LogP contribution in [0.25, 0.3) is 0 Å². The van der Waals surface area contributed by atoms with Crippen LogP contribution in [0.15, 0.2) is 0 Å². The summed E-state index contributed by atoms with van der Waals surface area (Å²) in [5.74, 6) is -1.65. The number of halogens is 4. The molecular weight excluding hydrogens is 293 g/mol. The number of amides is 1. The molecule has 0 spiro atoms. The first-order chi connectivity index (χ1) is 8.66. The smallest absolute Gasteiger partial charge is 0.352 e. The molecule has 3 nitrogen and oxygen atoms in total. The van der Waals surface area contributed by atoms with Crippen LogP contribution >= 0.6 is 12.4 Å². The van der Waals surface area contributed by atoms with Crippen LogP contribution in [0.5, 0.6) is 0 Å². The Kier molecular flexibility index (Phi) is 7.32. The van der Waals surface area contributed by atoms with Gasteiger partial charge in [-0.25, -0.2) is 0 Å². The summed E-state index contributed by atoms with van der Waals surface area (Å²) in [6.45, 7) is 3.54. The summed E-state index contributed by atoms with van der Waals surface area (Å²) in [6, 6.07) is -0.410. The summed E-state index contributed by atoms with van der Waals surface area (Å²) in [5, 5.41) is 2.68. The lowest BCUT2D eigenvalue weighted by molar-refractivity contribution is -0.184. The van der Waals surface area contributed by atoms with Crippen LogP contribution in [0.1, 0.15) is 52.4 Å². The van der Waals surface area contributed by atoms with Gasteiger partial charge in [-0.3, -0.25) is 4.79 Å². The molecule has 1 saturated carbocycles. The number of hydrogen-bond acceptors (Lipinski definition) is 2. The fourth-order valence-electron chi connectivity index (χ4n) is 2.60. The molecule has 1 aliphatic carbocycles. The molecule has 1 aliphatic rings. The number of carbonyl (C=O) groups is 1. The van der Waals surface area contributed by atoms with Crippen LogP contribution in [0, 0.1) is 5.92 Å². The number of rotatable bonds is 4. The fourth-order valence-corrected chi connectivity index (χ4v) is 2.60. The van der Waals surface area contributed by atoms with Gasteiger partial charge in [-0.2, -0.15) is 13.2 Å². The maximum Gasteiger partial charge on any atom is 0.391 e. The van der Waals surface area contributed by atoms with Gasteiger partial charge in [0.05, 0.1) is 11.5 Å². The highest BCUT2D eigenvalue weighted by Gasteiger charge is 2.43. The van der Waals surface area contributed by atoms with Crippen LogP contribution in [-0.2, 0) is 4.79 Å². The van der Waals surface area contributed by atoms with Gasteiger partial charge in [0, 0.05) is 6.04 Å². The minimum atomic E-state index is -4.17. The van der Waals surface area contributed by atoms with Crippen LogP contribution in [0.4, 0.5) is 13.2 Å². The van der Waals surface area contributed by atoms with Gasteiger partial charge < -0.3 is 11.1 Å². The molecule has 0 radical (unpaired) electrons. The van der Waals surface area contributed by atoms with Crippen LogP contribution in [-0.4, -0.2) is 23.7 Å². The molecule has 0 saturated heterocycles. The second-order valence-electron chi connectivity index (χ2n) is 5.74. The Bertz CT molecular complexity index is 321. The van der Waals surface area contributed by atoms with E-state index >= 15 is 0 Å². The minimum Gasteiger partial charge on any atom is -0.352 e. The van der Waals surface area contributed by atoms with Crippen molar-refractivity contribution in [2.45, 2.75) is 70.1 Å². The van der Waals surface area contributed by atoms with E-state index < -0.39 is 23.7 Å². The van der Waals surface area contributed by atoms with Crippen molar-refractivity contribution in [2.24, 2.45) is 11.7 Å². The summed E-state index contributed by atoms with van der Waals surface area (Å²) in [6.07, 6.45) is -1.67. The Morgan fingerprint density at radius 1 is 1.35 bits per heavy atom. The molecule has 1 rings (SSSR count). The molecule has 0 heterocycles. The summed E-state index contributed by atoms with van der Waals surface area (Å²) < 4.78 is 38.0. The molecule has 3 N–H and O–H groups in total. The second-order valence-corrected chi connectivity index (χ2v) is 5.74. The first-order valence-electron chi connectivity index (χ1n) is 6.83. The molecule has 7 heteroatoms. The van der Waals surface area contributed by atoms with Gasteiger partial charge >= 0.3 is 6.18 Å². The van der Waals surface area contributed by atoms with E-state index in [4.69, 9.17) is 5.73 Å². The number of nitrogens with two attached hydrogens (primary N) is 1. The predicted octanol–water partition coefficient (Wildman–Crippen LogP) is 3.16. The molecule has 1 amide bonds. The van der Waals surface area contributed by atoms with E-state index in [1.807, 2.05) is 6.92 Å². The first-order valence-corrected chi connectivity index (χ1v) is 6.83. The van der Waals surface area contributed by atoms with Crippen molar-refractivity contribution in [1.82, 2.24) is 5.32 Å². The Hall–Kier alpha value is -0.490. The minimum absolute atomic E-state index is 0. The lowest BCUT2D eigenvalue weighted by Crippen LogP contribution is -2.55. The molecule has 0 bridgehead atoms. The highest BCUT2D eigenvalue weighted by molar-refractivity contribution is 5.86. The normalized spacial score (nSPS) is 26.3. The average molecular weight is 317 g/mol. The molecule has 3 atom stereocenters. The largest absolute Gasteiger partial charge is 0.391 e. The van der Waals surface area contributed by atoms with Gasteiger partial charge in [0.15, 0.2) is 0 Å². The Morgan fingerprint density at radius 3 is 2.45 bits per heavy atom. The highest BCUT2D eigenvalue weighted by Crippen LogP contribution is 2.37. The zero-order valence-corrected chi connectivity index (χ0v) is 12.7. The molecular formula is C13H24ClF3N2O. The highest BCUT2D eigenvalue weighted by atomic mass is 35.5. The van der Waals surface area contributed by atoms with E-state index in [-0.39, 0.29) is 31.2 Å². The predicted molar refractivity (Wildman–Crippen MR) is 74.7 cm³/mol. The van der Waals surface area contributed by atoms with Gasteiger partial charge in [-0.05, 0) is 32.6 Å². The van der Waals surface area contributed by atoms with Crippen molar-refractivity contribution < 1.29 is 18.0 Å². The van der Waals surface area contributed by atoms with Crippen LogP contribution in [0.3, 0.4) is 0 Å². The molecule has 20 heavy (non-hydrogen) atoms. The standard InChI is InChI=1S/C13H23F3N2O.ClH/c1-3-7-12(2,17)11(19)18-10-6-4-5-9(8-10)13(14,15)16;/h9-10H,3-8,17H2,1-2H3,(H,18,19);1H. The van der Waals surface area contributed by atoms with E-state index in [0.29, 0.717) is 19.3 Å². The van der Waals surface area contributed by atoms with E-state index in [2.05, 4.69) is 5.32 Å². The Balaban J connectivity index is 0.00000361. The molecule has 3 unspecified atom stereocenters. The third-order valence-corrected chi connectivity index (χ3v) is 3.76. The number of carbonyl (C=O) groups excluding carboxylic acids is 1. The quantitative estimate of drug-likeness (QED) is 0.837. The maximum atomic E-state index is 12.7. The summed E-state index contributed by atoms with van der Waals surface area (Å²) >= 11 is 0. The third kappa shape index (κ3) is 5.48. The van der Waals surface area contributed by atoms with Crippen molar-refractivity contribution in [3.8, 4) is 0 Å². The zero-order chi connectivity index (χ0) is 14.7. The van der Waals surface area contributed by atoms with Gasteiger partial charge in [-0.15, -0.1) is 12.4 Å².